The first-order valence-corrected chi connectivity index (χ1v) is 11.6. The van der Waals surface area contributed by atoms with Gasteiger partial charge in [-0.3, -0.25) is 0 Å². The van der Waals surface area contributed by atoms with Crippen LogP contribution in [0.1, 0.15) is 49.9 Å². The van der Waals surface area contributed by atoms with Crippen molar-refractivity contribution in [1.82, 2.24) is 0 Å². The standard InChI is InChI=1S/C30H29N3/c1-29(2)20-11-5-9-15-26(20)33-27-16-10-6-12-21(27)30(3,4)23-18-19(17-22(29)28(23)33)32-25-14-8-7-13-24(25)31/h5-18,32H,31H2,1-4H3. The molecule has 0 radical (unpaired) electrons. The quantitative estimate of drug-likeness (QED) is 0.319. The first-order chi connectivity index (χ1) is 15.8. The second-order valence-corrected chi connectivity index (χ2v) is 10.3. The lowest BCUT2D eigenvalue weighted by Crippen LogP contribution is -2.38. The lowest BCUT2D eigenvalue weighted by molar-refractivity contribution is 0.598. The maximum Gasteiger partial charge on any atom is 0.0617 e. The highest BCUT2D eigenvalue weighted by molar-refractivity contribution is 5.94. The summed E-state index contributed by atoms with van der Waals surface area (Å²) < 4.78 is 0. The summed E-state index contributed by atoms with van der Waals surface area (Å²) >= 11 is 0. The van der Waals surface area contributed by atoms with Crippen LogP contribution in [0.15, 0.2) is 84.9 Å². The van der Waals surface area contributed by atoms with Crippen LogP contribution in [0.4, 0.5) is 34.1 Å². The lowest BCUT2D eigenvalue weighted by Gasteiger charge is -2.49. The van der Waals surface area contributed by atoms with Gasteiger partial charge in [0.2, 0.25) is 0 Å². The third kappa shape index (κ3) is 2.69. The van der Waals surface area contributed by atoms with Crippen molar-refractivity contribution in [3.05, 3.63) is 107 Å². The summed E-state index contributed by atoms with van der Waals surface area (Å²) in [4.78, 5) is 2.48. The molecule has 0 atom stereocenters. The van der Waals surface area contributed by atoms with Gasteiger partial charge in [-0.25, -0.2) is 0 Å². The number of anilines is 6. The maximum absolute atomic E-state index is 6.27. The summed E-state index contributed by atoms with van der Waals surface area (Å²) in [6.07, 6.45) is 0. The molecule has 0 amide bonds. The van der Waals surface area contributed by atoms with Gasteiger partial charge in [0.25, 0.3) is 0 Å². The number of fused-ring (bicyclic) bond motifs is 4. The van der Waals surface area contributed by atoms with E-state index in [1.807, 2.05) is 24.3 Å². The molecule has 0 bridgehead atoms. The molecule has 33 heavy (non-hydrogen) atoms. The smallest absolute Gasteiger partial charge is 0.0617 e. The number of nitrogens with two attached hydrogens (primary N) is 1. The van der Waals surface area contributed by atoms with Crippen molar-refractivity contribution in [2.45, 2.75) is 38.5 Å². The molecule has 164 valence electrons. The van der Waals surface area contributed by atoms with E-state index in [0.717, 1.165) is 17.1 Å². The first kappa shape index (κ1) is 19.9. The number of para-hydroxylation sites is 4. The first-order valence-electron chi connectivity index (χ1n) is 11.6. The zero-order chi connectivity index (χ0) is 23.0. The van der Waals surface area contributed by atoms with Crippen LogP contribution in [-0.2, 0) is 10.8 Å². The largest absolute Gasteiger partial charge is 0.397 e. The predicted molar refractivity (Wildman–Crippen MR) is 140 cm³/mol. The molecule has 0 aromatic heterocycles. The lowest BCUT2D eigenvalue weighted by atomic mass is 9.66. The van der Waals surface area contributed by atoms with Crippen LogP contribution in [0.2, 0.25) is 0 Å². The van der Waals surface area contributed by atoms with E-state index in [4.69, 9.17) is 5.73 Å². The van der Waals surface area contributed by atoms with Crippen LogP contribution in [-0.4, -0.2) is 0 Å². The van der Waals surface area contributed by atoms with Crippen molar-refractivity contribution in [3.8, 4) is 0 Å². The molecule has 3 nitrogen and oxygen atoms in total. The van der Waals surface area contributed by atoms with Gasteiger partial charge in [-0.05, 0) is 58.7 Å². The Kier molecular flexibility index (Phi) is 4.01. The van der Waals surface area contributed by atoms with E-state index in [9.17, 15) is 0 Å². The highest BCUT2D eigenvalue weighted by Crippen LogP contribution is 2.60. The minimum absolute atomic E-state index is 0.139. The predicted octanol–water partition coefficient (Wildman–Crippen LogP) is 7.76. The number of nitrogens with zero attached hydrogens (tertiary/aromatic N) is 1. The summed E-state index contributed by atoms with van der Waals surface area (Å²) in [5.74, 6) is 0. The van der Waals surface area contributed by atoms with Crippen LogP contribution >= 0.6 is 0 Å². The monoisotopic (exact) mass is 431 g/mol. The molecule has 0 unspecified atom stereocenters. The van der Waals surface area contributed by atoms with E-state index >= 15 is 0 Å². The Hall–Kier alpha value is -3.72. The SMILES string of the molecule is CC1(C)c2ccccc2N2c3ccccc3C(C)(C)c3cc(Nc4ccccc4N)cc1c32. The van der Waals surface area contributed by atoms with Crippen LogP contribution in [0.5, 0.6) is 0 Å². The van der Waals surface area contributed by atoms with Gasteiger partial charge in [0.15, 0.2) is 0 Å². The summed E-state index contributed by atoms with van der Waals surface area (Å²) in [5.41, 5.74) is 18.0. The summed E-state index contributed by atoms with van der Waals surface area (Å²) in [6.45, 7) is 9.36. The Labute approximate surface area is 195 Å². The molecule has 6 rings (SSSR count). The molecule has 2 aliphatic heterocycles. The molecule has 2 aliphatic rings. The average molecular weight is 432 g/mol. The van der Waals surface area contributed by atoms with Crippen LogP contribution in [0.25, 0.3) is 0 Å². The second kappa shape index (κ2) is 6.64. The Bertz CT molecular complexity index is 1330. The summed E-state index contributed by atoms with van der Waals surface area (Å²) in [7, 11) is 0. The van der Waals surface area contributed by atoms with E-state index in [-0.39, 0.29) is 10.8 Å². The van der Waals surface area contributed by atoms with Gasteiger partial charge in [0.1, 0.15) is 0 Å². The normalized spacial score (nSPS) is 16.4. The minimum Gasteiger partial charge on any atom is -0.397 e. The Morgan fingerprint density at radius 2 is 1.12 bits per heavy atom. The Balaban J connectivity index is 1.67. The topological polar surface area (TPSA) is 41.3 Å². The van der Waals surface area contributed by atoms with Crippen molar-refractivity contribution in [2.24, 2.45) is 0 Å². The minimum atomic E-state index is -0.139. The van der Waals surface area contributed by atoms with E-state index < -0.39 is 0 Å². The zero-order valence-electron chi connectivity index (χ0n) is 19.6. The number of hydrogen-bond donors (Lipinski definition) is 2. The van der Waals surface area contributed by atoms with Crippen molar-refractivity contribution >= 4 is 34.1 Å². The summed E-state index contributed by atoms with van der Waals surface area (Å²) in [6, 6.07) is 30.3. The van der Waals surface area contributed by atoms with Crippen LogP contribution in [0, 0.1) is 0 Å². The molecule has 2 heterocycles. The molecular formula is C30H29N3. The van der Waals surface area contributed by atoms with Crippen molar-refractivity contribution in [1.29, 1.82) is 0 Å². The van der Waals surface area contributed by atoms with Gasteiger partial charge in [-0.1, -0.05) is 76.2 Å². The Morgan fingerprint density at radius 3 is 1.67 bits per heavy atom. The summed E-state index contributed by atoms with van der Waals surface area (Å²) in [5, 5.41) is 3.62. The van der Waals surface area contributed by atoms with E-state index in [2.05, 4.69) is 98.6 Å². The molecule has 0 saturated heterocycles. The van der Waals surface area contributed by atoms with Crippen molar-refractivity contribution in [2.75, 3.05) is 16.0 Å². The molecule has 4 aromatic rings. The number of rotatable bonds is 2. The molecule has 0 saturated carbocycles. The van der Waals surface area contributed by atoms with Gasteiger partial charge < -0.3 is 16.0 Å². The van der Waals surface area contributed by atoms with E-state index in [1.165, 1.54) is 39.3 Å². The highest BCUT2D eigenvalue weighted by Gasteiger charge is 2.45. The molecule has 0 fully saturated rings. The average Bonchev–Trinajstić information content (AvgIpc) is 2.80. The van der Waals surface area contributed by atoms with Gasteiger partial charge in [0.05, 0.1) is 28.4 Å². The molecule has 3 N–H and O–H groups in total. The number of nitrogen functional groups attached to an aromatic ring is 1. The molecular weight excluding hydrogens is 402 g/mol. The molecule has 0 spiro atoms. The van der Waals surface area contributed by atoms with E-state index in [1.54, 1.807) is 0 Å². The maximum atomic E-state index is 6.27. The van der Waals surface area contributed by atoms with Gasteiger partial charge in [0, 0.05) is 16.5 Å². The molecule has 0 aliphatic carbocycles. The molecule has 3 heteroatoms. The fourth-order valence-electron chi connectivity index (χ4n) is 5.72. The number of nitrogens with one attached hydrogen (secondary N) is 1. The van der Waals surface area contributed by atoms with Crippen LogP contribution < -0.4 is 16.0 Å². The number of hydrogen-bond acceptors (Lipinski definition) is 3. The third-order valence-corrected chi connectivity index (χ3v) is 7.56. The van der Waals surface area contributed by atoms with Crippen molar-refractivity contribution in [3.63, 3.8) is 0 Å². The van der Waals surface area contributed by atoms with Crippen molar-refractivity contribution < 1.29 is 0 Å². The van der Waals surface area contributed by atoms with E-state index in [0.29, 0.717) is 0 Å². The fraction of sp³-hybridized carbons (Fsp3) is 0.200. The molecule has 4 aromatic carbocycles. The second-order valence-electron chi connectivity index (χ2n) is 10.3. The van der Waals surface area contributed by atoms with Gasteiger partial charge in [-0.2, -0.15) is 0 Å². The van der Waals surface area contributed by atoms with Gasteiger partial charge in [-0.15, -0.1) is 0 Å². The third-order valence-electron chi connectivity index (χ3n) is 7.56. The zero-order valence-corrected chi connectivity index (χ0v) is 19.6. The Morgan fingerprint density at radius 1 is 0.636 bits per heavy atom. The van der Waals surface area contributed by atoms with Crippen LogP contribution in [0.3, 0.4) is 0 Å². The fourth-order valence-corrected chi connectivity index (χ4v) is 5.72. The highest BCUT2D eigenvalue weighted by atomic mass is 15.2. The number of benzene rings is 4. The van der Waals surface area contributed by atoms with Gasteiger partial charge >= 0.3 is 0 Å².